The molecule has 96 valence electrons. The molecule has 1 aromatic heterocycles. The van der Waals surface area contributed by atoms with Gasteiger partial charge in [0.25, 0.3) is 0 Å². The minimum absolute atomic E-state index is 0.105. The van der Waals surface area contributed by atoms with Crippen molar-refractivity contribution in [3.05, 3.63) is 40.3 Å². The zero-order valence-corrected chi connectivity index (χ0v) is 10.9. The molecule has 1 unspecified atom stereocenters. The van der Waals surface area contributed by atoms with Gasteiger partial charge in [-0.2, -0.15) is 0 Å². The summed E-state index contributed by atoms with van der Waals surface area (Å²) in [6.07, 6.45) is 2.63. The number of hydrogen-bond acceptors (Lipinski definition) is 5. The van der Waals surface area contributed by atoms with Crippen LogP contribution >= 0.6 is 11.3 Å². The van der Waals surface area contributed by atoms with E-state index >= 15 is 0 Å². The summed E-state index contributed by atoms with van der Waals surface area (Å²) in [5.41, 5.74) is 0.539. The average Bonchev–Trinajstić information content (AvgIpc) is 2.82. The lowest BCUT2D eigenvalue weighted by molar-refractivity contribution is 0.419. The van der Waals surface area contributed by atoms with Crippen molar-refractivity contribution in [2.75, 3.05) is 6.54 Å². The highest BCUT2D eigenvalue weighted by Crippen LogP contribution is 2.31. The highest BCUT2D eigenvalue weighted by molar-refractivity contribution is 7.09. The van der Waals surface area contributed by atoms with Crippen LogP contribution in [0.2, 0.25) is 0 Å². The number of thiazole rings is 1. The van der Waals surface area contributed by atoms with Crippen LogP contribution in [-0.2, 0) is 6.42 Å². The minimum Gasteiger partial charge on any atom is -0.507 e. The third-order valence-electron chi connectivity index (χ3n) is 2.77. The molecule has 0 aliphatic carbocycles. The maximum atomic E-state index is 9.73. The summed E-state index contributed by atoms with van der Waals surface area (Å²) >= 11 is 1.63. The van der Waals surface area contributed by atoms with Crippen LogP contribution in [0.15, 0.2) is 29.8 Å². The average molecular weight is 264 g/mol. The Labute approximate surface area is 110 Å². The highest BCUT2D eigenvalue weighted by Gasteiger charge is 2.14. The van der Waals surface area contributed by atoms with Crippen LogP contribution in [-0.4, -0.2) is 21.7 Å². The van der Waals surface area contributed by atoms with Crippen LogP contribution in [0, 0.1) is 0 Å². The quantitative estimate of drug-likeness (QED) is 0.776. The van der Waals surface area contributed by atoms with E-state index in [-0.39, 0.29) is 17.5 Å². The molecule has 0 amide bonds. The number of phenolic OH excluding ortho intramolecular Hbond substituents is 2. The first kappa shape index (κ1) is 12.9. The second-order valence-corrected chi connectivity index (χ2v) is 5.04. The summed E-state index contributed by atoms with van der Waals surface area (Å²) in [6.45, 7) is 2.67. The first-order valence-corrected chi connectivity index (χ1v) is 6.69. The van der Waals surface area contributed by atoms with Gasteiger partial charge in [0, 0.05) is 30.6 Å². The van der Waals surface area contributed by atoms with Gasteiger partial charge in [0.05, 0.1) is 10.6 Å². The molecule has 0 radical (unpaired) electrons. The molecule has 2 aromatic rings. The van der Waals surface area contributed by atoms with Crippen LogP contribution in [0.4, 0.5) is 0 Å². The van der Waals surface area contributed by atoms with Gasteiger partial charge in [-0.3, -0.25) is 0 Å². The maximum absolute atomic E-state index is 9.73. The SMILES string of the molecule is CC(NCCc1nccs1)c1c(O)cccc1O. The molecule has 0 spiro atoms. The molecule has 0 aliphatic heterocycles. The lowest BCUT2D eigenvalue weighted by Crippen LogP contribution is -2.21. The molecule has 3 N–H and O–H groups in total. The Morgan fingerprint density at radius 1 is 1.33 bits per heavy atom. The van der Waals surface area contributed by atoms with Crippen molar-refractivity contribution in [3.8, 4) is 11.5 Å². The van der Waals surface area contributed by atoms with Crippen molar-refractivity contribution >= 4 is 11.3 Å². The second-order valence-electron chi connectivity index (χ2n) is 4.06. The molecular weight excluding hydrogens is 248 g/mol. The second kappa shape index (κ2) is 5.84. The number of phenols is 2. The largest absolute Gasteiger partial charge is 0.507 e. The van der Waals surface area contributed by atoms with E-state index in [1.165, 1.54) is 0 Å². The van der Waals surface area contributed by atoms with Crippen LogP contribution in [0.25, 0.3) is 0 Å². The lowest BCUT2D eigenvalue weighted by atomic mass is 10.1. The van der Waals surface area contributed by atoms with E-state index in [1.807, 2.05) is 12.3 Å². The normalized spacial score (nSPS) is 12.5. The molecule has 1 atom stereocenters. The van der Waals surface area contributed by atoms with Crippen LogP contribution in [0.1, 0.15) is 23.5 Å². The number of nitrogens with zero attached hydrogens (tertiary/aromatic N) is 1. The Kier molecular flexibility index (Phi) is 4.17. The van der Waals surface area contributed by atoms with Gasteiger partial charge in [0.15, 0.2) is 0 Å². The smallest absolute Gasteiger partial charge is 0.124 e. The summed E-state index contributed by atoms with van der Waals surface area (Å²) in [4.78, 5) is 4.20. The Hall–Kier alpha value is -1.59. The Morgan fingerprint density at radius 2 is 2.06 bits per heavy atom. The summed E-state index contributed by atoms with van der Waals surface area (Å²) in [5.74, 6) is 0.230. The molecule has 2 rings (SSSR count). The van der Waals surface area contributed by atoms with Crippen molar-refractivity contribution in [3.63, 3.8) is 0 Å². The number of benzene rings is 1. The lowest BCUT2D eigenvalue weighted by Gasteiger charge is -2.16. The Morgan fingerprint density at radius 3 is 2.67 bits per heavy atom. The van der Waals surface area contributed by atoms with E-state index < -0.39 is 0 Å². The van der Waals surface area contributed by atoms with Crippen molar-refractivity contribution in [1.29, 1.82) is 0 Å². The molecule has 0 fully saturated rings. The third-order valence-corrected chi connectivity index (χ3v) is 3.61. The standard InChI is InChI=1S/C13H16N2O2S/c1-9(13-10(16)3-2-4-11(13)17)14-6-5-12-15-7-8-18-12/h2-4,7-9,14,16-17H,5-6H2,1H3. The summed E-state index contributed by atoms with van der Waals surface area (Å²) in [6, 6.07) is 4.67. The molecule has 1 aromatic carbocycles. The van der Waals surface area contributed by atoms with E-state index in [1.54, 1.807) is 35.7 Å². The van der Waals surface area contributed by atoms with Crippen molar-refractivity contribution in [2.45, 2.75) is 19.4 Å². The molecule has 0 aliphatic rings. The summed E-state index contributed by atoms with van der Waals surface area (Å²) in [5, 5.41) is 25.8. The minimum atomic E-state index is -0.105. The van der Waals surface area contributed by atoms with E-state index in [0.717, 1.165) is 18.0 Å². The molecule has 5 heteroatoms. The topological polar surface area (TPSA) is 65.4 Å². The van der Waals surface area contributed by atoms with Crippen LogP contribution < -0.4 is 5.32 Å². The van der Waals surface area contributed by atoms with Crippen LogP contribution in [0.5, 0.6) is 11.5 Å². The fraction of sp³-hybridized carbons (Fsp3) is 0.308. The Balaban J connectivity index is 1.93. The van der Waals surface area contributed by atoms with E-state index in [2.05, 4.69) is 10.3 Å². The predicted molar refractivity (Wildman–Crippen MR) is 72.0 cm³/mol. The van der Waals surface area contributed by atoms with E-state index in [4.69, 9.17) is 0 Å². The molecule has 0 bridgehead atoms. The summed E-state index contributed by atoms with van der Waals surface area (Å²) < 4.78 is 0. The number of rotatable bonds is 5. The van der Waals surface area contributed by atoms with Gasteiger partial charge in [-0.1, -0.05) is 6.07 Å². The highest BCUT2D eigenvalue weighted by atomic mass is 32.1. The van der Waals surface area contributed by atoms with Crippen LogP contribution in [0.3, 0.4) is 0 Å². The van der Waals surface area contributed by atoms with Gasteiger partial charge < -0.3 is 15.5 Å². The number of aromatic hydroxyl groups is 2. The zero-order valence-electron chi connectivity index (χ0n) is 10.1. The third kappa shape index (κ3) is 3.00. The predicted octanol–water partition coefficient (Wildman–Crippen LogP) is 2.45. The maximum Gasteiger partial charge on any atom is 0.124 e. The van der Waals surface area contributed by atoms with Gasteiger partial charge >= 0.3 is 0 Å². The molecule has 4 nitrogen and oxygen atoms in total. The van der Waals surface area contributed by atoms with E-state index in [9.17, 15) is 10.2 Å². The first-order valence-electron chi connectivity index (χ1n) is 5.81. The fourth-order valence-corrected chi connectivity index (χ4v) is 2.48. The summed E-state index contributed by atoms with van der Waals surface area (Å²) in [7, 11) is 0. The Bertz CT molecular complexity index is 479. The fourth-order valence-electron chi connectivity index (χ4n) is 1.86. The van der Waals surface area contributed by atoms with Gasteiger partial charge in [-0.25, -0.2) is 4.98 Å². The molecule has 1 heterocycles. The number of hydrogen-bond donors (Lipinski definition) is 3. The van der Waals surface area contributed by atoms with Gasteiger partial charge in [0.1, 0.15) is 11.5 Å². The molecule has 18 heavy (non-hydrogen) atoms. The number of aromatic nitrogens is 1. The van der Waals surface area contributed by atoms with Gasteiger partial charge in [0.2, 0.25) is 0 Å². The number of nitrogens with one attached hydrogen (secondary N) is 1. The molecule has 0 saturated heterocycles. The molecular formula is C13H16N2O2S. The van der Waals surface area contributed by atoms with E-state index in [0.29, 0.717) is 5.56 Å². The monoisotopic (exact) mass is 264 g/mol. The van der Waals surface area contributed by atoms with Crippen molar-refractivity contribution < 1.29 is 10.2 Å². The van der Waals surface area contributed by atoms with Gasteiger partial charge in [-0.15, -0.1) is 11.3 Å². The molecule has 0 saturated carbocycles. The first-order chi connectivity index (χ1) is 8.68. The van der Waals surface area contributed by atoms with Crippen molar-refractivity contribution in [2.24, 2.45) is 0 Å². The van der Waals surface area contributed by atoms with Crippen molar-refractivity contribution in [1.82, 2.24) is 10.3 Å². The van der Waals surface area contributed by atoms with Gasteiger partial charge in [-0.05, 0) is 19.1 Å². The zero-order chi connectivity index (χ0) is 13.0.